The van der Waals surface area contributed by atoms with Gasteiger partial charge in [-0.25, -0.2) is 0 Å². The summed E-state index contributed by atoms with van der Waals surface area (Å²) in [5.41, 5.74) is 5.00. The van der Waals surface area contributed by atoms with Crippen LogP contribution in [-0.2, 0) is 10.4 Å². The summed E-state index contributed by atoms with van der Waals surface area (Å²) in [6, 6.07) is 7.09. The zero-order valence-electron chi connectivity index (χ0n) is 7.74. The van der Waals surface area contributed by atoms with Crippen LogP contribution >= 0.6 is 0 Å². The van der Waals surface area contributed by atoms with Gasteiger partial charge in [-0.05, 0) is 19.4 Å². The Bertz CT molecular complexity index is 331. The van der Waals surface area contributed by atoms with Crippen molar-refractivity contribution in [1.82, 2.24) is 0 Å². The molecule has 1 rings (SSSR count). The molecule has 1 atom stereocenters. The Morgan fingerprint density at radius 1 is 1.54 bits per heavy atom. The van der Waals surface area contributed by atoms with E-state index in [-0.39, 0.29) is 0 Å². The van der Waals surface area contributed by atoms with E-state index in [1.807, 2.05) is 13.0 Å². The average Bonchev–Trinajstić information content (AvgIpc) is 2.04. The number of aryl methyl sites for hydroxylation is 1. The van der Waals surface area contributed by atoms with E-state index in [0.29, 0.717) is 5.56 Å². The van der Waals surface area contributed by atoms with Crippen molar-refractivity contribution in [3.63, 3.8) is 0 Å². The molecule has 1 aromatic rings. The summed E-state index contributed by atoms with van der Waals surface area (Å²) in [6.45, 7) is 3.28. The third kappa shape index (κ3) is 1.87. The number of aliphatic hydroxyl groups is 1. The maximum atomic E-state index is 10.9. The molecular weight excluding hydrogens is 166 g/mol. The summed E-state index contributed by atoms with van der Waals surface area (Å²) in [6.07, 6.45) is 0. The highest BCUT2D eigenvalue weighted by atomic mass is 16.3. The zero-order valence-corrected chi connectivity index (χ0v) is 7.74. The van der Waals surface area contributed by atoms with Gasteiger partial charge in [-0.3, -0.25) is 4.79 Å². The van der Waals surface area contributed by atoms with Gasteiger partial charge in [0, 0.05) is 0 Å². The quantitative estimate of drug-likeness (QED) is 0.701. The van der Waals surface area contributed by atoms with Crippen LogP contribution in [0, 0.1) is 6.92 Å². The van der Waals surface area contributed by atoms with Crippen LogP contribution in [0.2, 0.25) is 0 Å². The van der Waals surface area contributed by atoms with Gasteiger partial charge in [0.15, 0.2) is 5.60 Å². The minimum atomic E-state index is -1.58. The Morgan fingerprint density at radius 3 is 2.62 bits per heavy atom. The van der Waals surface area contributed by atoms with Gasteiger partial charge in [-0.15, -0.1) is 0 Å². The fourth-order valence-corrected chi connectivity index (χ4v) is 1.09. The number of rotatable bonds is 2. The number of hydrogen-bond acceptors (Lipinski definition) is 2. The molecule has 70 valence electrons. The molecule has 0 radical (unpaired) electrons. The van der Waals surface area contributed by atoms with Crippen molar-refractivity contribution in [3.8, 4) is 0 Å². The smallest absolute Gasteiger partial charge is 0.253 e. The Kier molecular flexibility index (Phi) is 2.38. The molecule has 3 N–H and O–H groups in total. The fourth-order valence-electron chi connectivity index (χ4n) is 1.09. The molecule has 3 heteroatoms. The summed E-state index contributed by atoms with van der Waals surface area (Å²) >= 11 is 0. The fraction of sp³-hybridized carbons (Fsp3) is 0.300. The summed E-state index contributed by atoms with van der Waals surface area (Å²) in [4.78, 5) is 10.9. The van der Waals surface area contributed by atoms with Gasteiger partial charge in [-0.2, -0.15) is 0 Å². The number of amides is 1. The summed E-state index contributed by atoms with van der Waals surface area (Å²) in [7, 11) is 0. The maximum Gasteiger partial charge on any atom is 0.253 e. The number of hydrogen-bond donors (Lipinski definition) is 2. The van der Waals surface area contributed by atoms with Gasteiger partial charge in [0.1, 0.15) is 0 Å². The first-order valence-corrected chi connectivity index (χ1v) is 4.04. The highest BCUT2D eigenvalue weighted by Gasteiger charge is 2.29. The van der Waals surface area contributed by atoms with Gasteiger partial charge >= 0.3 is 0 Å². The van der Waals surface area contributed by atoms with Gasteiger partial charge < -0.3 is 10.8 Å². The molecule has 0 aromatic heterocycles. The summed E-state index contributed by atoms with van der Waals surface area (Å²) in [5.74, 6) is -0.738. The van der Waals surface area contributed by atoms with Crippen molar-refractivity contribution in [1.29, 1.82) is 0 Å². The highest BCUT2D eigenvalue weighted by molar-refractivity contribution is 5.84. The second-order valence-corrected chi connectivity index (χ2v) is 3.31. The van der Waals surface area contributed by atoms with E-state index in [0.717, 1.165) is 5.56 Å². The Morgan fingerprint density at radius 2 is 2.15 bits per heavy atom. The molecule has 13 heavy (non-hydrogen) atoms. The minimum Gasteiger partial charge on any atom is -0.376 e. The molecule has 0 heterocycles. The molecule has 0 fully saturated rings. The Hall–Kier alpha value is -1.35. The SMILES string of the molecule is Cc1cccc(C(C)(O)C(N)=O)c1. The molecule has 1 unspecified atom stereocenters. The van der Waals surface area contributed by atoms with Gasteiger partial charge in [0.05, 0.1) is 0 Å². The lowest BCUT2D eigenvalue weighted by Gasteiger charge is -2.19. The van der Waals surface area contributed by atoms with Crippen LogP contribution < -0.4 is 5.73 Å². The number of primary amides is 1. The van der Waals surface area contributed by atoms with Gasteiger partial charge in [0.25, 0.3) is 5.91 Å². The summed E-state index contributed by atoms with van der Waals surface area (Å²) < 4.78 is 0. The maximum absolute atomic E-state index is 10.9. The lowest BCUT2D eigenvalue weighted by Crippen LogP contribution is -2.38. The van der Waals surface area contributed by atoms with Crippen molar-refractivity contribution < 1.29 is 9.90 Å². The normalized spacial score (nSPS) is 15.0. The molecule has 0 aliphatic heterocycles. The molecule has 0 aliphatic carbocycles. The van der Waals surface area contributed by atoms with Crippen LogP contribution in [0.1, 0.15) is 18.1 Å². The van der Waals surface area contributed by atoms with Crippen LogP contribution in [0.15, 0.2) is 24.3 Å². The first-order valence-electron chi connectivity index (χ1n) is 4.04. The highest BCUT2D eigenvalue weighted by Crippen LogP contribution is 2.20. The molecule has 3 nitrogen and oxygen atoms in total. The number of carbonyl (C=O) groups is 1. The van der Waals surface area contributed by atoms with Crippen molar-refractivity contribution in [3.05, 3.63) is 35.4 Å². The van der Waals surface area contributed by atoms with E-state index in [9.17, 15) is 9.90 Å². The van der Waals surface area contributed by atoms with Crippen molar-refractivity contribution in [2.45, 2.75) is 19.4 Å². The van der Waals surface area contributed by atoms with E-state index in [2.05, 4.69) is 0 Å². The molecular formula is C10H13NO2. The third-order valence-electron chi connectivity index (χ3n) is 2.06. The molecule has 0 saturated carbocycles. The van der Waals surface area contributed by atoms with E-state index in [4.69, 9.17) is 5.73 Å². The van der Waals surface area contributed by atoms with Gasteiger partial charge in [0.2, 0.25) is 0 Å². The average molecular weight is 179 g/mol. The molecule has 0 saturated heterocycles. The van der Waals surface area contributed by atoms with Crippen molar-refractivity contribution in [2.24, 2.45) is 5.73 Å². The van der Waals surface area contributed by atoms with Crippen molar-refractivity contribution >= 4 is 5.91 Å². The molecule has 1 amide bonds. The van der Waals surface area contributed by atoms with Crippen LogP contribution in [0.5, 0.6) is 0 Å². The second-order valence-electron chi connectivity index (χ2n) is 3.31. The Balaban J connectivity index is 3.14. The van der Waals surface area contributed by atoms with E-state index >= 15 is 0 Å². The molecule has 0 aliphatic rings. The largest absolute Gasteiger partial charge is 0.376 e. The molecule has 0 bridgehead atoms. The first kappa shape index (κ1) is 9.74. The van der Waals surface area contributed by atoms with Crippen LogP contribution in [0.4, 0.5) is 0 Å². The topological polar surface area (TPSA) is 63.3 Å². The number of nitrogens with two attached hydrogens (primary N) is 1. The van der Waals surface area contributed by atoms with E-state index < -0.39 is 11.5 Å². The second kappa shape index (κ2) is 3.18. The number of carbonyl (C=O) groups excluding carboxylic acids is 1. The molecule has 0 spiro atoms. The standard InChI is InChI=1S/C10H13NO2/c1-7-4-3-5-8(6-7)10(2,13)9(11)12/h3-6,13H,1-2H3,(H2,11,12). The predicted molar refractivity (Wildman–Crippen MR) is 49.9 cm³/mol. The van der Waals surface area contributed by atoms with Crippen LogP contribution in [0.3, 0.4) is 0 Å². The summed E-state index contributed by atoms with van der Waals surface area (Å²) in [5, 5.41) is 9.71. The lowest BCUT2D eigenvalue weighted by atomic mass is 9.94. The van der Waals surface area contributed by atoms with Crippen LogP contribution in [0.25, 0.3) is 0 Å². The predicted octanol–water partition coefficient (Wildman–Crippen LogP) is 0.688. The van der Waals surface area contributed by atoms with Crippen molar-refractivity contribution in [2.75, 3.05) is 0 Å². The van der Waals surface area contributed by atoms with Gasteiger partial charge in [-0.1, -0.05) is 29.8 Å². The van der Waals surface area contributed by atoms with Crippen LogP contribution in [-0.4, -0.2) is 11.0 Å². The minimum absolute atomic E-state index is 0.528. The van der Waals surface area contributed by atoms with E-state index in [1.165, 1.54) is 6.92 Å². The monoisotopic (exact) mass is 179 g/mol. The van der Waals surface area contributed by atoms with E-state index in [1.54, 1.807) is 18.2 Å². The zero-order chi connectivity index (χ0) is 10.1. The Labute approximate surface area is 77.2 Å². The lowest BCUT2D eigenvalue weighted by molar-refractivity contribution is -0.135. The third-order valence-corrected chi connectivity index (χ3v) is 2.06. The molecule has 1 aromatic carbocycles. The first-order chi connectivity index (χ1) is 5.94. The number of benzene rings is 1.